The zero-order chi connectivity index (χ0) is 8.86. The number of thioether (sulfide) groups is 1. The molecular weight excluding hydrogens is 166 g/mol. The molecule has 0 bridgehead atoms. The molecule has 0 aromatic rings. The third-order valence-electron chi connectivity index (χ3n) is 2.67. The predicted molar refractivity (Wildman–Crippen MR) is 57.8 cm³/mol. The monoisotopic (exact) mass is 185 g/mol. The highest BCUT2D eigenvalue weighted by Gasteiger charge is 2.35. The highest BCUT2D eigenvalue weighted by atomic mass is 32.2. The molecule has 0 spiro atoms. The standard InChI is InChI=1S/C10H19NS/c1-3-4-8-11-9-10(12-2)6-5-7-10/h3,11H,1,4-9H2,2H3. The average Bonchev–Trinajstić information content (AvgIpc) is 2.02. The zero-order valence-electron chi connectivity index (χ0n) is 7.94. The van der Waals surface area contributed by atoms with Gasteiger partial charge in [0.15, 0.2) is 0 Å². The topological polar surface area (TPSA) is 12.0 Å². The molecule has 2 heteroatoms. The Hall–Kier alpha value is 0.0500. The molecule has 0 atom stereocenters. The van der Waals surface area contributed by atoms with Crippen molar-refractivity contribution in [2.45, 2.75) is 30.4 Å². The molecule has 1 N–H and O–H groups in total. The molecule has 0 aromatic heterocycles. The number of nitrogens with one attached hydrogen (secondary N) is 1. The zero-order valence-corrected chi connectivity index (χ0v) is 8.75. The third kappa shape index (κ3) is 2.53. The molecule has 0 amide bonds. The molecule has 1 aliphatic rings. The first-order valence-corrected chi connectivity index (χ1v) is 5.92. The van der Waals surface area contributed by atoms with Crippen LogP contribution in [0.25, 0.3) is 0 Å². The minimum atomic E-state index is 0.584. The SMILES string of the molecule is C=CCCNCC1(SC)CCC1. The van der Waals surface area contributed by atoms with Crippen LogP contribution in [0.15, 0.2) is 12.7 Å². The second-order valence-corrected chi connectivity index (χ2v) is 4.77. The first kappa shape index (κ1) is 10.1. The maximum absolute atomic E-state index is 3.70. The van der Waals surface area contributed by atoms with E-state index in [2.05, 4.69) is 18.2 Å². The Morgan fingerprint density at radius 1 is 1.58 bits per heavy atom. The van der Waals surface area contributed by atoms with Gasteiger partial charge in [-0.25, -0.2) is 0 Å². The van der Waals surface area contributed by atoms with Crippen LogP contribution < -0.4 is 5.32 Å². The fourth-order valence-electron chi connectivity index (χ4n) is 1.54. The van der Waals surface area contributed by atoms with Crippen LogP contribution in [-0.4, -0.2) is 24.1 Å². The van der Waals surface area contributed by atoms with Crippen LogP contribution in [0.4, 0.5) is 0 Å². The summed E-state index contributed by atoms with van der Waals surface area (Å²) in [4.78, 5) is 0. The molecule has 0 radical (unpaired) electrons. The Morgan fingerprint density at radius 2 is 2.33 bits per heavy atom. The molecule has 12 heavy (non-hydrogen) atoms. The van der Waals surface area contributed by atoms with Gasteiger partial charge < -0.3 is 5.32 Å². The van der Waals surface area contributed by atoms with Gasteiger partial charge in [0, 0.05) is 11.3 Å². The Bertz CT molecular complexity index is 135. The minimum absolute atomic E-state index is 0.584. The quantitative estimate of drug-likeness (QED) is 0.504. The Morgan fingerprint density at radius 3 is 2.75 bits per heavy atom. The van der Waals surface area contributed by atoms with Crippen LogP contribution in [0.2, 0.25) is 0 Å². The highest BCUT2D eigenvalue weighted by Crippen LogP contribution is 2.41. The summed E-state index contributed by atoms with van der Waals surface area (Å²) in [5.41, 5.74) is 0. The van der Waals surface area contributed by atoms with Crippen molar-refractivity contribution < 1.29 is 0 Å². The van der Waals surface area contributed by atoms with E-state index in [0.717, 1.165) is 13.0 Å². The molecule has 0 saturated heterocycles. The van der Waals surface area contributed by atoms with E-state index >= 15 is 0 Å². The lowest BCUT2D eigenvalue weighted by molar-refractivity contribution is 0.347. The molecule has 70 valence electrons. The normalized spacial score (nSPS) is 20.1. The van der Waals surface area contributed by atoms with E-state index in [1.807, 2.05) is 17.8 Å². The van der Waals surface area contributed by atoms with Crippen LogP contribution >= 0.6 is 11.8 Å². The Kier molecular flexibility index (Phi) is 4.16. The average molecular weight is 185 g/mol. The van der Waals surface area contributed by atoms with Gasteiger partial charge in [0.05, 0.1) is 0 Å². The molecular formula is C10H19NS. The van der Waals surface area contributed by atoms with E-state index in [0.29, 0.717) is 4.75 Å². The van der Waals surface area contributed by atoms with Crippen molar-refractivity contribution in [3.8, 4) is 0 Å². The molecule has 1 fully saturated rings. The largest absolute Gasteiger partial charge is 0.315 e. The Balaban J connectivity index is 2.07. The van der Waals surface area contributed by atoms with E-state index in [1.165, 1.54) is 25.8 Å². The molecule has 1 nitrogen and oxygen atoms in total. The summed E-state index contributed by atoms with van der Waals surface area (Å²) < 4.78 is 0.584. The first-order valence-electron chi connectivity index (χ1n) is 4.70. The van der Waals surface area contributed by atoms with Gasteiger partial charge >= 0.3 is 0 Å². The smallest absolute Gasteiger partial charge is 0.0281 e. The van der Waals surface area contributed by atoms with Gasteiger partial charge in [0.1, 0.15) is 0 Å². The maximum Gasteiger partial charge on any atom is 0.0281 e. The number of hydrogen-bond acceptors (Lipinski definition) is 2. The van der Waals surface area contributed by atoms with Crippen molar-refractivity contribution in [2.24, 2.45) is 0 Å². The molecule has 0 unspecified atom stereocenters. The van der Waals surface area contributed by atoms with Crippen molar-refractivity contribution in [1.82, 2.24) is 5.32 Å². The predicted octanol–water partition coefficient (Wildman–Crippen LogP) is 2.44. The van der Waals surface area contributed by atoms with Crippen LogP contribution in [-0.2, 0) is 0 Å². The van der Waals surface area contributed by atoms with Gasteiger partial charge in [-0.05, 0) is 32.1 Å². The van der Waals surface area contributed by atoms with E-state index in [4.69, 9.17) is 0 Å². The minimum Gasteiger partial charge on any atom is -0.315 e. The lowest BCUT2D eigenvalue weighted by Gasteiger charge is -2.40. The summed E-state index contributed by atoms with van der Waals surface area (Å²) >= 11 is 2.03. The molecule has 1 saturated carbocycles. The van der Waals surface area contributed by atoms with Gasteiger partial charge in [-0.15, -0.1) is 6.58 Å². The fraction of sp³-hybridized carbons (Fsp3) is 0.800. The molecule has 0 heterocycles. The Labute approximate surface area is 80.0 Å². The molecule has 0 aromatic carbocycles. The number of rotatable bonds is 6. The summed E-state index contributed by atoms with van der Waals surface area (Å²) in [6.07, 6.45) is 9.51. The number of hydrogen-bond donors (Lipinski definition) is 1. The van der Waals surface area contributed by atoms with Gasteiger partial charge in [-0.1, -0.05) is 12.5 Å². The molecule has 0 aliphatic heterocycles. The second kappa shape index (κ2) is 4.93. The molecule has 1 aliphatic carbocycles. The van der Waals surface area contributed by atoms with E-state index in [-0.39, 0.29) is 0 Å². The summed E-state index contributed by atoms with van der Waals surface area (Å²) in [6.45, 7) is 5.98. The summed E-state index contributed by atoms with van der Waals surface area (Å²) in [5.74, 6) is 0. The second-order valence-electron chi connectivity index (χ2n) is 3.49. The lowest BCUT2D eigenvalue weighted by atomic mass is 9.84. The van der Waals surface area contributed by atoms with Crippen molar-refractivity contribution in [2.75, 3.05) is 19.3 Å². The van der Waals surface area contributed by atoms with Crippen molar-refractivity contribution >= 4 is 11.8 Å². The van der Waals surface area contributed by atoms with Crippen molar-refractivity contribution in [3.63, 3.8) is 0 Å². The highest BCUT2D eigenvalue weighted by molar-refractivity contribution is 8.00. The van der Waals surface area contributed by atoms with Gasteiger partial charge in [0.2, 0.25) is 0 Å². The van der Waals surface area contributed by atoms with Crippen LogP contribution in [0.5, 0.6) is 0 Å². The maximum atomic E-state index is 3.70. The summed E-state index contributed by atoms with van der Waals surface area (Å²) in [5, 5.41) is 3.49. The van der Waals surface area contributed by atoms with E-state index in [1.54, 1.807) is 0 Å². The van der Waals surface area contributed by atoms with Crippen molar-refractivity contribution in [1.29, 1.82) is 0 Å². The third-order valence-corrected chi connectivity index (χ3v) is 4.09. The van der Waals surface area contributed by atoms with Gasteiger partial charge in [-0.3, -0.25) is 0 Å². The van der Waals surface area contributed by atoms with Crippen molar-refractivity contribution in [3.05, 3.63) is 12.7 Å². The van der Waals surface area contributed by atoms with Gasteiger partial charge in [-0.2, -0.15) is 11.8 Å². The van der Waals surface area contributed by atoms with Crippen LogP contribution in [0.3, 0.4) is 0 Å². The lowest BCUT2D eigenvalue weighted by Crippen LogP contribution is -2.43. The fourth-order valence-corrected chi connectivity index (χ4v) is 2.49. The summed E-state index contributed by atoms with van der Waals surface area (Å²) in [6, 6.07) is 0. The molecule has 1 rings (SSSR count). The van der Waals surface area contributed by atoms with Crippen LogP contribution in [0, 0.1) is 0 Å². The summed E-state index contributed by atoms with van der Waals surface area (Å²) in [7, 11) is 0. The van der Waals surface area contributed by atoms with E-state index < -0.39 is 0 Å². The van der Waals surface area contributed by atoms with Crippen LogP contribution in [0.1, 0.15) is 25.7 Å². The van der Waals surface area contributed by atoms with E-state index in [9.17, 15) is 0 Å². The van der Waals surface area contributed by atoms with Gasteiger partial charge in [0.25, 0.3) is 0 Å². The first-order chi connectivity index (χ1) is 5.83.